The van der Waals surface area contributed by atoms with Crippen molar-refractivity contribution in [3.05, 3.63) is 229 Å². The highest BCUT2D eigenvalue weighted by Gasteiger charge is 2.11. The Bertz CT molecular complexity index is 3120. The predicted molar refractivity (Wildman–Crippen MR) is 253 cm³/mol. The summed E-state index contributed by atoms with van der Waals surface area (Å²) in [5.74, 6) is 13.5. The van der Waals surface area contributed by atoms with Crippen LogP contribution in [0.3, 0.4) is 0 Å². The summed E-state index contributed by atoms with van der Waals surface area (Å²) in [5.41, 5.74) is 22.9. The molecule has 280 valence electrons. The molecule has 0 fully saturated rings. The Hall–Kier alpha value is -7.90. The zero-order valence-electron chi connectivity index (χ0n) is 33.6. The lowest BCUT2D eigenvalue weighted by molar-refractivity contribution is 1.46. The minimum absolute atomic E-state index is 1.00. The maximum atomic E-state index is 3.55. The molecule has 60 heavy (non-hydrogen) atoms. The SMILES string of the molecule is CC#Cc1cc2ccc1-c1ccc(cc1)-c1ccc(cc1)-c1ccc(cc1)-c1ccc(c(C#Cc3ccc(C)cc3)c1)-c1ccc(cc1)-c1ccc(cc1)-c1ccc-2cc1. The summed E-state index contributed by atoms with van der Waals surface area (Å²) in [6.07, 6.45) is 0. The number of aryl methyl sites for hydroxylation is 1. The van der Waals surface area contributed by atoms with Crippen molar-refractivity contribution in [1.82, 2.24) is 0 Å². The molecule has 0 saturated heterocycles. The van der Waals surface area contributed by atoms with Crippen LogP contribution in [0.2, 0.25) is 0 Å². The van der Waals surface area contributed by atoms with E-state index in [1.807, 2.05) is 6.92 Å². The van der Waals surface area contributed by atoms with Gasteiger partial charge in [0.1, 0.15) is 0 Å². The second-order valence-electron chi connectivity index (χ2n) is 15.5. The van der Waals surface area contributed by atoms with E-state index < -0.39 is 0 Å². The maximum Gasteiger partial charge on any atom is 0.0333 e. The van der Waals surface area contributed by atoms with Gasteiger partial charge in [-0.1, -0.05) is 205 Å². The van der Waals surface area contributed by atoms with Crippen LogP contribution in [-0.4, -0.2) is 0 Å². The summed E-state index contributed by atoms with van der Waals surface area (Å²) in [4.78, 5) is 0. The van der Waals surface area contributed by atoms with Gasteiger partial charge < -0.3 is 0 Å². The van der Waals surface area contributed by atoms with Crippen LogP contribution in [0.25, 0.3) is 89.0 Å². The van der Waals surface area contributed by atoms with Gasteiger partial charge in [-0.25, -0.2) is 0 Å². The van der Waals surface area contributed by atoms with Crippen LogP contribution < -0.4 is 0 Å². The average molecular weight is 761 g/mol. The fourth-order valence-electron chi connectivity index (χ4n) is 8.17. The Kier molecular flexibility index (Phi) is 9.60. The molecule has 0 unspecified atom stereocenters. The van der Waals surface area contributed by atoms with Gasteiger partial charge in [-0.15, -0.1) is 5.92 Å². The van der Waals surface area contributed by atoms with Crippen LogP contribution in [0.15, 0.2) is 206 Å². The fraction of sp³-hybridized carbons (Fsp3) is 0.0333. The molecule has 0 nitrogen and oxygen atoms in total. The van der Waals surface area contributed by atoms with E-state index in [0.717, 1.165) is 55.6 Å². The van der Waals surface area contributed by atoms with Crippen LogP contribution in [0, 0.1) is 30.6 Å². The first-order chi connectivity index (χ1) is 29.5. The molecule has 22 aliphatic carbocycles. The largest absolute Gasteiger partial charge is 0.101 e. The van der Waals surface area contributed by atoms with Gasteiger partial charge in [0.25, 0.3) is 0 Å². The molecular weight excluding hydrogens is 721 g/mol. The molecule has 0 heterocycles. The van der Waals surface area contributed by atoms with Crippen LogP contribution in [-0.2, 0) is 0 Å². The second-order valence-corrected chi connectivity index (χ2v) is 15.5. The average Bonchev–Trinajstić information content (AvgIpc) is 3.31. The minimum atomic E-state index is 1.00. The van der Waals surface area contributed by atoms with Gasteiger partial charge in [0.05, 0.1) is 0 Å². The summed E-state index contributed by atoms with van der Waals surface area (Å²) in [6, 6.07) is 74.9. The highest BCUT2D eigenvalue weighted by molar-refractivity contribution is 5.82. The van der Waals surface area contributed by atoms with E-state index in [0.29, 0.717) is 0 Å². The van der Waals surface area contributed by atoms with E-state index in [2.05, 4.69) is 237 Å². The maximum absolute atomic E-state index is 3.55. The molecule has 0 spiro atoms. The van der Waals surface area contributed by atoms with Crippen LogP contribution >= 0.6 is 0 Å². The summed E-state index contributed by atoms with van der Waals surface area (Å²) < 4.78 is 0. The third-order valence-electron chi connectivity index (χ3n) is 11.6. The van der Waals surface area contributed by atoms with Crippen molar-refractivity contribution in [2.24, 2.45) is 0 Å². The lowest BCUT2D eigenvalue weighted by Gasteiger charge is -2.12. The fourth-order valence-corrected chi connectivity index (χ4v) is 8.17. The van der Waals surface area contributed by atoms with Crippen molar-refractivity contribution >= 4 is 0 Å². The van der Waals surface area contributed by atoms with Gasteiger partial charge in [0.15, 0.2) is 0 Å². The molecule has 0 amide bonds. The molecule has 22 aliphatic rings. The lowest BCUT2D eigenvalue weighted by Crippen LogP contribution is -1.89. The standard InChI is InChI=1S/C60H40/c1-3-4-57-39-55-35-37-59(57)53-31-27-49(28-32-53)45-15-11-44(12-16-45)48-21-25-52(26-22-48)56-36-38-60(58(40-56)10-9-42-7-5-41(2)6-8-42)54-33-29-50(30-34-54)46-17-13-43(14-18-46)47-19-23-51(55)24-20-47/h5-8,11-40H,1-2H3. The van der Waals surface area contributed by atoms with Crippen molar-refractivity contribution in [3.63, 3.8) is 0 Å². The van der Waals surface area contributed by atoms with Crippen LogP contribution in [0.4, 0.5) is 0 Å². The Balaban J connectivity index is 1.06. The van der Waals surface area contributed by atoms with Gasteiger partial charge in [-0.05, 0) is 127 Å². The van der Waals surface area contributed by atoms with E-state index in [9.17, 15) is 0 Å². The van der Waals surface area contributed by atoms with Crippen molar-refractivity contribution < 1.29 is 0 Å². The molecule has 31 rings (SSSR count). The zero-order chi connectivity index (χ0) is 40.4. The third-order valence-corrected chi connectivity index (χ3v) is 11.6. The summed E-state index contributed by atoms with van der Waals surface area (Å²) in [5, 5.41) is 0. The van der Waals surface area contributed by atoms with Crippen molar-refractivity contribution in [3.8, 4) is 113 Å². The normalized spacial score (nSPS) is 10.9. The highest BCUT2D eigenvalue weighted by Crippen LogP contribution is 2.35. The quantitative estimate of drug-likeness (QED) is 0.135. The number of rotatable bonds is 0. The molecule has 0 radical (unpaired) electrons. The Labute approximate surface area is 353 Å². The highest BCUT2D eigenvalue weighted by atomic mass is 14.2. The van der Waals surface area contributed by atoms with Crippen LogP contribution in [0.5, 0.6) is 0 Å². The molecule has 0 aliphatic heterocycles. The van der Waals surface area contributed by atoms with E-state index in [-0.39, 0.29) is 0 Å². The topological polar surface area (TPSA) is 0 Å². The molecule has 9 aromatic rings. The Morgan fingerprint density at radius 3 is 0.833 bits per heavy atom. The summed E-state index contributed by atoms with van der Waals surface area (Å²) in [7, 11) is 0. The molecule has 9 aromatic carbocycles. The predicted octanol–water partition coefficient (Wildman–Crippen LogP) is 15.4. The van der Waals surface area contributed by atoms with E-state index in [1.54, 1.807) is 0 Å². The molecule has 0 atom stereocenters. The van der Waals surface area contributed by atoms with Gasteiger partial charge in [0.2, 0.25) is 0 Å². The zero-order valence-corrected chi connectivity index (χ0v) is 33.6. The third kappa shape index (κ3) is 7.36. The number of hydrogen-bond donors (Lipinski definition) is 0. The molecular formula is C60H40. The molecule has 0 N–H and O–H groups in total. The van der Waals surface area contributed by atoms with E-state index in [1.165, 1.54) is 55.6 Å². The van der Waals surface area contributed by atoms with Gasteiger partial charge in [-0.3, -0.25) is 0 Å². The number of hydrogen-bond acceptors (Lipinski definition) is 0. The summed E-state index contributed by atoms with van der Waals surface area (Å²) in [6.45, 7) is 4.01. The molecule has 0 aromatic heterocycles. The number of benzene rings is 9. The first kappa shape index (κ1) is 36.4. The second kappa shape index (κ2) is 15.8. The molecule has 0 saturated carbocycles. The monoisotopic (exact) mass is 760 g/mol. The first-order valence-corrected chi connectivity index (χ1v) is 20.5. The van der Waals surface area contributed by atoms with Gasteiger partial charge in [-0.2, -0.15) is 0 Å². The van der Waals surface area contributed by atoms with Gasteiger partial charge in [0, 0.05) is 16.7 Å². The van der Waals surface area contributed by atoms with E-state index in [4.69, 9.17) is 0 Å². The van der Waals surface area contributed by atoms with E-state index >= 15 is 0 Å². The van der Waals surface area contributed by atoms with Crippen molar-refractivity contribution in [2.75, 3.05) is 0 Å². The van der Waals surface area contributed by atoms with Crippen molar-refractivity contribution in [1.29, 1.82) is 0 Å². The minimum Gasteiger partial charge on any atom is -0.101 e. The Morgan fingerprint density at radius 2 is 0.517 bits per heavy atom. The van der Waals surface area contributed by atoms with Crippen molar-refractivity contribution in [2.45, 2.75) is 13.8 Å². The smallest absolute Gasteiger partial charge is 0.0333 e. The Morgan fingerprint density at radius 1 is 0.250 bits per heavy atom. The lowest BCUT2D eigenvalue weighted by atomic mass is 9.92. The van der Waals surface area contributed by atoms with Gasteiger partial charge >= 0.3 is 0 Å². The van der Waals surface area contributed by atoms with Crippen LogP contribution in [0.1, 0.15) is 29.2 Å². The first-order valence-electron chi connectivity index (χ1n) is 20.5. The summed E-state index contributed by atoms with van der Waals surface area (Å²) >= 11 is 0. The molecule has 16 bridgehead atoms. The molecule has 0 heteroatoms.